The van der Waals surface area contributed by atoms with E-state index in [4.69, 9.17) is 21.2 Å². The van der Waals surface area contributed by atoms with Crippen LogP contribution in [0.25, 0.3) is 0 Å². The topological polar surface area (TPSA) is 30.8 Å². The zero-order valence-electron chi connectivity index (χ0n) is 10.7. The Labute approximate surface area is 107 Å². The van der Waals surface area contributed by atoms with Crippen molar-refractivity contribution < 1.29 is 9.57 Å². The first-order valence-corrected chi connectivity index (χ1v) is 5.80. The smallest absolute Gasteiger partial charge is 0.130 e. The van der Waals surface area contributed by atoms with Gasteiger partial charge in [0.05, 0.1) is 5.71 Å². The number of oxime groups is 1. The minimum absolute atomic E-state index is 0.0887. The molecule has 0 radical (unpaired) electrons. The number of hydrogen-bond acceptors (Lipinski definition) is 3. The molecule has 17 heavy (non-hydrogen) atoms. The van der Waals surface area contributed by atoms with Crippen molar-refractivity contribution in [3.05, 3.63) is 29.3 Å². The van der Waals surface area contributed by atoms with Crippen LogP contribution in [0.4, 0.5) is 0 Å². The van der Waals surface area contributed by atoms with Crippen molar-refractivity contribution in [2.75, 3.05) is 13.7 Å². The van der Waals surface area contributed by atoms with Gasteiger partial charge in [0.2, 0.25) is 0 Å². The van der Waals surface area contributed by atoms with E-state index in [1.165, 1.54) is 7.11 Å². The Morgan fingerprint density at radius 1 is 1.35 bits per heavy atom. The van der Waals surface area contributed by atoms with Crippen LogP contribution in [0.3, 0.4) is 0 Å². The average molecular weight is 256 g/mol. The lowest BCUT2D eigenvalue weighted by Crippen LogP contribution is -2.27. The number of nitrogens with zero attached hydrogens (tertiary/aromatic N) is 1. The molecule has 0 N–H and O–H groups in total. The van der Waals surface area contributed by atoms with Crippen LogP contribution in [-0.4, -0.2) is 19.4 Å². The highest BCUT2D eigenvalue weighted by molar-refractivity contribution is 6.30. The number of rotatable bonds is 4. The molecule has 0 fully saturated rings. The fourth-order valence-electron chi connectivity index (χ4n) is 1.20. The highest BCUT2D eigenvalue weighted by Crippen LogP contribution is 2.20. The maximum atomic E-state index is 5.88. The summed E-state index contributed by atoms with van der Waals surface area (Å²) >= 11 is 5.88. The SMILES string of the molecule is CON=C(COc1cccc(Cl)c1)C(C)(C)C. The minimum atomic E-state index is -0.0887. The van der Waals surface area contributed by atoms with Crippen LogP contribution in [0.2, 0.25) is 5.02 Å². The molecule has 0 bridgehead atoms. The average Bonchev–Trinajstić information content (AvgIpc) is 2.22. The van der Waals surface area contributed by atoms with Gasteiger partial charge in [0, 0.05) is 10.4 Å². The first-order valence-electron chi connectivity index (χ1n) is 5.42. The summed E-state index contributed by atoms with van der Waals surface area (Å²) in [6.45, 7) is 6.57. The summed E-state index contributed by atoms with van der Waals surface area (Å²) in [6.07, 6.45) is 0. The lowest BCUT2D eigenvalue weighted by molar-refractivity contribution is 0.204. The second kappa shape index (κ2) is 5.92. The van der Waals surface area contributed by atoms with Gasteiger partial charge in [-0.2, -0.15) is 0 Å². The fourth-order valence-corrected chi connectivity index (χ4v) is 1.38. The lowest BCUT2D eigenvalue weighted by Gasteiger charge is -2.20. The monoisotopic (exact) mass is 255 g/mol. The van der Waals surface area contributed by atoms with Crippen molar-refractivity contribution in [3.8, 4) is 5.75 Å². The molecular formula is C13H18ClNO2. The van der Waals surface area contributed by atoms with E-state index in [1.54, 1.807) is 6.07 Å². The predicted molar refractivity (Wildman–Crippen MR) is 70.8 cm³/mol. The van der Waals surface area contributed by atoms with Gasteiger partial charge in [-0.3, -0.25) is 0 Å². The van der Waals surface area contributed by atoms with E-state index in [9.17, 15) is 0 Å². The summed E-state index contributed by atoms with van der Waals surface area (Å²) in [5, 5.41) is 4.65. The Hall–Kier alpha value is -1.22. The third-order valence-corrected chi connectivity index (χ3v) is 2.47. The zero-order chi connectivity index (χ0) is 12.9. The van der Waals surface area contributed by atoms with Crippen molar-refractivity contribution in [2.45, 2.75) is 20.8 Å². The lowest BCUT2D eigenvalue weighted by atomic mass is 9.90. The molecule has 0 aromatic heterocycles. The molecule has 0 saturated heterocycles. The van der Waals surface area contributed by atoms with E-state index < -0.39 is 0 Å². The molecule has 0 aliphatic rings. The summed E-state index contributed by atoms with van der Waals surface area (Å²) < 4.78 is 5.63. The molecule has 0 amide bonds. The summed E-state index contributed by atoms with van der Waals surface area (Å²) in [4.78, 5) is 4.82. The van der Waals surface area contributed by atoms with Gasteiger partial charge in [0.15, 0.2) is 0 Å². The molecule has 0 saturated carbocycles. The summed E-state index contributed by atoms with van der Waals surface area (Å²) in [7, 11) is 1.53. The number of benzene rings is 1. The van der Waals surface area contributed by atoms with Gasteiger partial charge >= 0.3 is 0 Å². The van der Waals surface area contributed by atoms with E-state index in [0.29, 0.717) is 11.6 Å². The molecule has 0 atom stereocenters. The molecule has 1 rings (SSSR count). The van der Waals surface area contributed by atoms with Crippen LogP contribution in [-0.2, 0) is 4.84 Å². The number of hydrogen-bond donors (Lipinski definition) is 0. The molecule has 4 heteroatoms. The van der Waals surface area contributed by atoms with Crippen LogP contribution in [0.15, 0.2) is 29.4 Å². The Balaban J connectivity index is 2.68. The zero-order valence-corrected chi connectivity index (χ0v) is 11.4. The Kier molecular flexibility index (Phi) is 4.82. The Morgan fingerprint density at radius 3 is 2.59 bits per heavy atom. The van der Waals surface area contributed by atoms with Crippen LogP contribution in [0, 0.1) is 5.41 Å². The van der Waals surface area contributed by atoms with Crippen molar-refractivity contribution in [2.24, 2.45) is 10.6 Å². The molecule has 3 nitrogen and oxygen atoms in total. The molecule has 1 aromatic rings. The maximum Gasteiger partial charge on any atom is 0.130 e. The van der Waals surface area contributed by atoms with Crippen molar-refractivity contribution in [1.82, 2.24) is 0 Å². The largest absolute Gasteiger partial charge is 0.487 e. The summed E-state index contributed by atoms with van der Waals surface area (Å²) in [5.41, 5.74) is 0.758. The van der Waals surface area contributed by atoms with Gasteiger partial charge < -0.3 is 9.57 Å². The summed E-state index contributed by atoms with van der Waals surface area (Å²) in [5.74, 6) is 0.727. The molecule has 0 heterocycles. The first-order chi connectivity index (χ1) is 7.93. The van der Waals surface area contributed by atoms with E-state index in [0.717, 1.165) is 11.5 Å². The molecule has 0 spiro atoms. The molecule has 0 aliphatic heterocycles. The molecular weight excluding hydrogens is 238 g/mol. The third-order valence-electron chi connectivity index (χ3n) is 2.24. The van der Waals surface area contributed by atoms with E-state index >= 15 is 0 Å². The van der Waals surface area contributed by atoms with E-state index in [1.807, 2.05) is 18.2 Å². The fraction of sp³-hybridized carbons (Fsp3) is 0.462. The summed E-state index contributed by atoms with van der Waals surface area (Å²) in [6, 6.07) is 7.29. The van der Waals surface area contributed by atoms with Gasteiger partial charge in [-0.1, -0.05) is 43.6 Å². The second-order valence-electron chi connectivity index (χ2n) is 4.72. The predicted octanol–water partition coefficient (Wildman–Crippen LogP) is 3.77. The van der Waals surface area contributed by atoms with Gasteiger partial charge in [0.25, 0.3) is 0 Å². The van der Waals surface area contributed by atoms with Crippen LogP contribution in [0.1, 0.15) is 20.8 Å². The van der Waals surface area contributed by atoms with Gasteiger partial charge in [-0.15, -0.1) is 0 Å². The second-order valence-corrected chi connectivity index (χ2v) is 5.15. The normalized spacial score (nSPS) is 12.4. The van der Waals surface area contributed by atoms with Gasteiger partial charge in [-0.05, 0) is 18.2 Å². The van der Waals surface area contributed by atoms with Gasteiger partial charge in [0.1, 0.15) is 19.5 Å². The molecule has 1 aromatic carbocycles. The van der Waals surface area contributed by atoms with E-state index in [-0.39, 0.29) is 5.41 Å². The van der Waals surface area contributed by atoms with Crippen LogP contribution in [0.5, 0.6) is 5.75 Å². The number of ether oxygens (including phenoxy) is 1. The quantitative estimate of drug-likeness (QED) is 0.606. The first kappa shape index (κ1) is 13.8. The third kappa shape index (κ3) is 4.65. The highest BCUT2D eigenvalue weighted by atomic mass is 35.5. The van der Waals surface area contributed by atoms with Crippen molar-refractivity contribution >= 4 is 17.3 Å². The Morgan fingerprint density at radius 2 is 2.06 bits per heavy atom. The van der Waals surface area contributed by atoms with Crippen LogP contribution < -0.4 is 4.74 Å². The highest BCUT2D eigenvalue weighted by Gasteiger charge is 2.20. The Bertz CT molecular complexity index is 397. The maximum absolute atomic E-state index is 5.88. The van der Waals surface area contributed by atoms with E-state index in [2.05, 4.69) is 25.9 Å². The standard InChI is InChI=1S/C13H18ClNO2/c1-13(2,3)12(15-16-4)9-17-11-7-5-6-10(14)8-11/h5-8H,9H2,1-4H3. The van der Waals surface area contributed by atoms with Crippen molar-refractivity contribution in [1.29, 1.82) is 0 Å². The molecule has 0 aliphatic carbocycles. The molecule has 94 valence electrons. The molecule has 0 unspecified atom stereocenters. The van der Waals surface area contributed by atoms with Crippen LogP contribution >= 0.6 is 11.6 Å². The number of halogens is 1. The van der Waals surface area contributed by atoms with Gasteiger partial charge in [-0.25, -0.2) is 0 Å². The minimum Gasteiger partial charge on any atom is -0.487 e. The van der Waals surface area contributed by atoms with Crippen molar-refractivity contribution in [3.63, 3.8) is 0 Å².